The summed E-state index contributed by atoms with van der Waals surface area (Å²) in [5, 5.41) is 14.1. The van der Waals surface area contributed by atoms with Crippen molar-refractivity contribution in [3.05, 3.63) is 30.3 Å². The van der Waals surface area contributed by atoms with Crippen LogP contribution in [0.1, 0.15) is 0 Å². The summed E-state index contributed by atoms with van der Waals surface area (Å²) in [5.41, 5.74) is -0.0660. The van der Waals surface area contributed by atoms with Crippen molar-refractivity contribution in [1.29, 1.82) is 0 Å². The molecule has 3 rings (SSSR count). The van der Waals surface area contributed by atoms with Gasteiger partial charge < -0.3 is 10.0 Å². The van der Waals surface area contributed by atoms with Gasteiger partial charge in [0.15, 0.2) is 5.82 Å². The molecule has 2 aromatic rings. The summed E-state index contributed by atoms with van der Waals surface area (Å²) < 4.78 is 42.9. The fraction of sp³-hybridized carbons (Fsp3) is 0.333. The third-order valence-corrected chi connectivity index (χ3v) is 5.26. The van der Waals surface area contributed by atoms with Crippen LogP contribution in [0.5, 0.6) is 5.75 Å². The maximum Gasteiger partial charge on any atom is 0.326 e. The number of anilines is 1. The number of halogens is 1. The van der Waals surface area contributed by atoms with Gasteiger partial charge >= 0.3 is 10.2 Å². The van der Waals surface area contributed by atoms with Crippen LogP contribution in [0.4, 0.5) is 10.1 Å². The summed E-state index contributed by atoms with van der Waals surface area (Å²) in [6.45, 7) is 0.737. The largest absolute Gasteiger partial charge is 0.506 e. The molecule has 2 heterocycles. The van der Waals surface area contributed by atoms with Crippen LogP contribution in [-0.2, 0) is 21.5 Å². The van der Waals surface area contributed by atoms with Crippen molar-refractivity contribution in [2.24, 2.45) is 0 Å². The van der Waals surface area contributed by atoms with Gasteiger partial charge in [0.2, 0.25) is 0 Å². The Morgan fingerprint density at radius 1 is 1.38 bits per heavy atom. The van der Waals surface area contributed by atoms with Crippen molar-refractivity contribution in [3.63, 3.8) is 0 Å². The second kappa shape index (κ2) is 6.57. The van der Waals surface area contributed by atoms with E-state index in [1.807, 2.05) is 19.0 Å². The summed E-state index contributed by atoms with van der Waals surface area (Å²) >= 11 is 0. The Kier molecular flexibility index (Phi) is 4.59. The Labute approximate surface area is 149 Å². The van der Waals surface area contributed by atoms with E-state index >= 15 is 4.39 Å². The SMILES string of the molecule is CN(C)CCn1cc(-c2ccc(O)c(N3CC(=O)NS3(=O)=O)c2F)cn1. The Hall–Kier alpha value is -2.66. The molecule has 0 spiro atoms. The zero-order valence-electron chi connectivity index (χ0n) is 14.2. The standard InChI is InChI=1S/C15H18FN5O4S/c1-19(2)5-6-20-8-10(7-17-20)11-3-4-12(22)15(14(11)16)21-9-13(23)18-26(21,24)25/h3-4,7-8,22H,5-6,9H2,1-2H3,(H,18,23). The molecule has 1 aromatic heterocycles. The number of hydrogen-bond acceptors (Lipinski definition) is 6. The first-order valence-corrected chi connectivity index (χ1v) is 9.15. The number of likely N-dealkylation sites (N-methyl/N-ethyl adjacent to an activating group) is 1. The van der Waals surface area contributed by atoms with E-state index in [0.717, 1.165) is 6.54 Å². The fourth-order valence-corrected chi connectivity index (χ4v) is 3.75. The monoisotopic (exact) mass is 383 g/mol. The molecule has 0 atom stereocenters. The molecule has 0 bridgehead atoms. The van der Waals surface area contributed by atoms with Gasteiger partial charge in [-0.3, -0.25) is 9.48 Å². The molecule has 1 amide bonds. The number of aromatic hydroxyl groups is 1. The number of phenols is 1. The lowest BCUT2D eigenvalue weighted by Crippen LogP contribution is -2.30. The minimum atomic E-state index is -4.24. The molecule has 0 unspecified atom stereocenters. The molecular weight excluding hydrogens is 365 g/mol. The van der Waals surface area contributed by atoms with Crippen molar-refractivity contribution in [2.45, 2.75) is 6.54 Å². The smallest absolute Gasteiger partial charge is 0.326 e. The van der Waals surface area contributed by atoms with Gasteiger partial charge in [-0.2, -0.15) is 13.5 Å². The Morgan fingerprint density at radius 2 is 2.12 bits per heavy atom. The zero-order chi connectivity index (χ0) is 19.1. The van der Waals surface area contributed by atoms with Crippen LogP contribution in [0, 0.1) is 5.82 Å². The van der Waals surface area contributed by atoms with Gasteiger partial charge in [-0.25, -0.2) is 13.4 Å². The van der Waals surface area contributed by atoms with Gasteiger partial charge in [-0.1, -0.05) is 0 Å². The molecule has 0 radical (unpaired) electrons. The highest BCUT2D eigenvalue weighted by Crippen LogP contribution is 2.38. The maximum absolute atomic E-state index is 15.0. The number of aromatic nitrogens is 2. The molecule has 1 aliphatic rings. The van der Waals surface area contributed by atoms with Crippen LogP contribution in [0.3, 0.4) is 0 Å². The van der Waals surface area contributed by atoms with Gasteiger partial charge in [0.1, 0.15) is 18.0 Å². The summed E-state index contributed by atoms with van der Waals surface area (Å²) in [5.74, 6) is -2.32. The van der Waals surface area contributed by atoms with Crippen molar-refractivity contribution >= 4 is 21.8 Å². The first-order valence-electron chi connectivity index (χ1n) is 7.71. The molecule has 0 aliphatic carbocycles. The topological polar surface area (TPSA) is 108 Å². The zero-order valence-corrected chi connectivity index (χ0v) is 15.0. The summed E-state index contributed by atoms with van der Waals surface area (Å²) in [6.07, 6.45) is 3.08. The molecule has 1 fully saturated rings. The predicted octanol–water partition coefficient (Wildman–Crippen LogP) is 0.137. The van der Waals surface area contributed by atoms with Crippen LogP contribution < -0.4 is 9.03 Å². The third kappa shape index (κ3) is 3.35. The van der Waals surface area contributed by atoms with E-state index in [-0.39, 0.29) is 5.56 Å². The lowest BCUT2D eigenvalue weighted by Gasteiger charge is -2.18. The van der Waals surface area contributed by atoms with Crippen LogP contribution >= 0.6 is 0 Å². The molecule has 140 valence electrons. The van der Waals surface area contributed by atoms with E-state index in [0.29, 0.717) is 16.4 Å². The van der Waals surface area contributed by atoms with E-state index in [1.54, 1.807) is 15.6 Å². The number of carbonyl (C=O) groups is 1. The van der Waals surface area contributed by atoms with Crippen molar-refractivity contribution in [1.82, 2.24) is 19.4 Å². The molecule has 9 nitrogen and oxygen atoms in total. The number of phenolic OH excluding ortho intramolecular Hbond substituents is 1. The number of rotatable bonds is 5. The molecule has 26 heavy (non-hydrogen) atoms. The highest BCUT2D eigenvalue weighted by Gasteiger charge is 2.38. The van der Waals surface area contributed by atoms with Gasteiger partial charge in [-0.05, 0) is 26.2 Å². The molecule has 2 N–H and O–H groups in total. The predicted molar refractivity (Wildman–Crippen MR) is 92.2 cm³/mol. The van der Waals surface area contributed by atoms with E-state index < -0.39 is 39.9 Å². The Morgan fingerprint density at radius 3 is 2.73 bits per heavy atom. The van der Waals surface area contributed by atoms with E-state index in [2.05, 4.69) is 5.10 Å². The third-order valence-electron chi connectivity index (χ3n) is 3.88. The molecule has 1 aliphatic heterocycles. The van der Waals surface area contributed by atoms with E-state index in [1.165, 1.54) is 18.3 Å². The average molecular weight is 383 g/mol. The minimum absolute atomic E-state index is 0.0726. The minimum Gasteiger partial charge on any atom is -0.506 e. The number of carbonyl (C=O) groups excluding carboxylic acids is 1. The summed E-state index contributed by atoms with van der Waals surface area (Å²) in [7, 11) is -0.401. The van der Waals surface area contributed by atoms with Gasteiger partial charge in [0.05, 0.1) is 12.7 Å². The summed E-state index contributed by atoms with van der Waals surface area (Å²) in [4.78, 5) is 13.4. The van der Waals surface area contributed by atoms with E-state index in [4.69, 9.17) is 0 Å². The van der Waals surface area contributed by atoms with Crippen LogP contribution in [-0.4, -0.2) is 61.3 Å². The Balaban J connectivity index is 2.00. The second-order valence-corrected chi connectivity index (χ2v) is 7.72. The molecule has 1 saturated heterocycles. The van der Waals surface area contributed by atoms with Crippen LogP contribution in [0.25, 0.3) is 11.1 Å². The van der Waals surface area contributed by atoms with E-state index in [9.17, 15) is 18.3 Å². The first kappa shape index (κ1) is 18.1. The lowest BCUT2D eigenvalue weighted by atomic mass is 10.1. The first-order chi connectivity index (χ1) is 12.2. The van der Waals surface area contributed by atoms with Crippen LogP contribution in [0.15, 0.2) is 24.5 Å². The highest BCUT2D eigenvalue weighted by atomic mass is 32.2. The Bertz CT molecular complexity index is 957. The second-order valence-electron chi connectivity index (χ2n) is 6.13. The number of nitrogens with one attached hydrogen (secondary N) is 1. The lowest BCUT2D eigenvalue weighted by molar-refractivity contribution is -0.117. The van der Waals surface area contributed by atoms with Crippen molar-refractivity contribution in [3.8, 4) is 16.9 Å². The fourth-order valence-electron chi connectivity index (χ4n) is 2.59. The van der Waals surface area contributed by atoms with Gasteiger partial charge in [-0.15, -0.1) is 0 Å². The van der Waals surface area contributed by atoms with Crippen molar-refractivity contribution in [2.75, 3.05) is 31.5 Å². The summed E-state index contributed by atoms with van der Waals surface area (Å²) in [6, 6.07) is 2.52. The average Bonchev–Trinajstić information content (AvgIpc) is 3.09. The van der Waals surface area contributed by atoms with Crippen LogP contribution in [0.2, 0.25) is 0 Å². The van der Waals surface area contributed by atoms with Gasteiger partial charge in [0, 0.05) is 23.9 Å². The molecule has 11 heteroatoms. The van der Waals surface area contributed by atoms with Gasteiger partial charge in [0.25, 0.3) is 5.91 Å². The molecular formula is C15H18FN5O4S. The quantitative estimate of drug-likeness (QED) is 0.760. The van der Waals surface area contributed by atoms with Crippen molar-refractivity contribution < 1.29 is 22.7 Å². The molecule has 0 saturated carbocycles. The number of benzene rings is 1. The maximum atomic E-state index is 15.0. The number of hydrogen-bond donors (Lipinski definition) is 2. The highest BCUT2D eigenvalue weighted by molar-refractivity contribution is 7.92. The normalized spacial score (nSPS) is 16.3. The number of nitrogens with zero attached hydrogens (tertiary/aromatic N) is 4. The number of amides is 1. The molecule has 1 aromatic carbocycles.